The molecule has 2 aliphatic heterocycles. The predicted octanol–water partition coefficient (Wildman–Crippen LogP) is 1.79. The summed E-state index contributed by atoms with van der Waals surface area (Å²) in [5, 5.41) is 0. The second-order valence-corrected chi connectivity index (χ2v) is 5.85. The molecule has 0 aromatic heterocycles. The lowest BCUT2D eigenvalue weighted by molar-refractivity contribution is 0.451. The van der Waals surface area contributed by atoms with E-state index < -0.39 is 0 Å². The molecule has 0 aliphatic carbocycles. The summed E-state index contributed by atoms with van der Waals surface area (Å²) in [6, 6.07) is 1.98. The van der Waals surface area contributed by atoms with Crippen LogP contribution in [-0.2, 0) is 0 Å². The van der Waals surface area contributed by atoms with Crippen LogP contribution in [0.1, 0.15) is 25.7 Å². The van der Waals surface area contributed by atoms with Gasteiger partial charge in [0.15, 0.2) is 0 Å². The van der Waals surface area contributed by atoms with Gasteiger partial charge in [0.25, 0.3) is 0 Å². The van der Waals surface area contributed by atoms with Crippen molar-refractivity contribution in [2.75, 3.05) is 12.5 Å². The Balaban J connectivity index is 2.09. The smallest absolute Gasteiger partial charge is 0.0189 e. The van der Waals surface area contributed by atoms with E-state index in [2.05, 4.69) is 16.8 Å². The molecule has 2 heterocycles. The van der Waals surface area contributed by atoms with Gasteiger partial charge in [-0.15, -0.1) is 0 Å². The minimum atomic E-state index is 0.216. The van der Waals surface area contributed by atoms with E-state index in [9.17, 15) is 0 Å². The quantitative estimate of drug-likeness (QED) is 0.571. The maximum absolute atomic E-state index is 2.79. The molecule has 2 heteroatoms. The molecule has 0 aromatic rings. The molecular formula is C8H17NS. The molecule has 0 saturated carbocycles. The number of nitrogens with zero attached hydrogens (tertiary/aromatic N) is 1. The molecule has 2 rings (SSSR count). The third-order valence-electron chi connectivity index (χ3n) is 2.88. The SMILES string of the molecule is C[SH](C)N1C2CCC1CC2. The first kappa shape index (κ1) is 6.99. The highest BCUT2D eigenvalue weighted by Gasteiger charge is 2.39. The summed E-state index contributed by atoms with van der Waals surface area (Å²) < 4.78 is 2.79. The second kappa shape index (κ2) is 2.42. The van der Waals surface area contributed by atoms with Gasteiger partial charge in [0.1, 0.15) is 0 Å². The fourth-order valence-corrected chi connectivity index (χ4v) is 4.31. The lowest BCUT2D eigenvalue weighted by Gasteiger charge is -2.28. The lowest BCUT2D eigenvalue weighted by atomic mass is 10.0. The van der Waals surface area contributed by atoms with Gasteiger partial charge >= 0.3 is 0 Å². The van der Waals surface area contributed by atoms with Crippen LogP contribution in [0.4, 0.5) is 0 Å². The summed E-state index contributed by atoms with van der Waals surface area (Å²) in [6.45, 7) is 0. The Morgan fingerprint density at radius 3 is 1.60 bits per heavy atom. The zero-order chi connectivity index (χ0) is 7.14. The van der Waals surface area contributed by atoms with Crippen molar-refractivity contribution in [3.05, 3.63) is 0 Å². The van der Waals surface area contributed by atoms with Crippen LogP contribution in [0.2, 0.25) is 0 Å². The van der Waals surface area contributed by atoms with E-state index in [1.165, 1.54) is 25.7 Å². The van der Waals surface area contributed by atoms with Gasteiger partial charge < -0.3 is 0 Å². The third kappa shape index (κ3) is 0.892. The van der Waals surface area contributed by atoms with Crippen molar-refractivity contribution in [3.8, 4) is 0 Å². The van der Waals surface area contributed by atoms with Crippen molar-refractivity contribution in [1.29, 1.82) is 0 Å². The van der Waals surface area contributed by atoms with Gasteiger partial charge in [-0.25, -0.2) is 11.1 Å². The average molecular weight is 159 g/mol. The molecule has 0 atom stereocenters. The van der Waals surface area contributed by atoms with E-state index in [1.807, 2.05) is 0 Å². The van der Waals surface area contributed by atoms with Gasteiger partial charge in [0, 0.05) is 12.1 Å². The van der Waals surface area contributed by atoms with Crippen LogP contribution in [0.3, 0.4) is 0 Å². The van der Waals surface area contributed by atoms with Crippen LogP contribution in [0.15, 0.2) is 0 Å². The Morgan fingerprint density at radius 2 is 1.40 bits per heavy atom. The van der Waals surface area contributed by atoms with E-state index in [1.54, 1.807) is 0 Å². The first-order valence-corrected chi connectivity index (χ1v) is 6.43. The number of rotatable bonds is 1. The van der Waals surface area contributed by atoms with Crippen LogP contribution in [0, 0.1) is 0 Å². The fourth-order valence-electron chi connectivity index (χ4n) is 2.54. The average Bonchev–Trinajstić information content (AvgIpc) is 2.43. The summed E-state index contributed by atoms with van der Waals surface area (Å²) in [5.41, 5.74) is 0. The minimum absolute atomic E-state index is 0.216. The van der Waals surface area contributed by atoms with Gasteiger partial charge in [-0.05, 0) is 38.2 Å². The molecule has 0 aromatic carbocycles. The largest absolute Gasteiger partial charge is 0.264 e. The van der Waals surface area contributed by atoms with Crippen molar-refractivity contribution in [1.82, 2.24) is 4.31 Å². The van der Waals surface area contributed by atoms with Crippen LogP contribution < -0.4 is 0 Å². The fraction of sp³-hybridized carbons (Fsp3) is 1.00. The Hall–Kier alpha value is 0.310. The Morgan fingerprint density at radius 1 is 1.00 bits per heavy atom. The summed E-state index contributed by atoms with van der Waals surface area (Å²) in [6.07, 6.45) is 10.8. The molecule has 0 radical (unpaired) electrons. The molecule has 2 bridgehead atoms. The van der Waals surface area contributed by atoms with Gasteiger partial charge in [-0.3, -0.25) is 4.31 Å². The van der Waals surface area contributed by atoms with Gasteiger partial charge in [0.05, 0.1) is 0 Å². The van der Waals surface area contributed by atoms with Crippen LogP contribution in [0.25, 0.3) is 0 Å². The summed E-state index contributed by atoms with van der Waals surface area (Å²) >= 11 is 0.216. The maximum atomic E-state index is 2.79. The minimum Gasteiger partial charge on any atom is -0.264 e. The van der Waals surface area contributed by atoms with E-state index in [0.717, 1.165) is 12.1 Å². The highest BCUT2D eigenvalue weighted by atomic mass is 32.2. The normalized spacial score (nSPS) is 40.8. The first-order valence-electron chi connectivity index (χ1n) is 4.24. The Bertz CT molecular complexity index is 115. The molecule has 60 valence electrons. The van der Waals surface area contributed by atoms with Gasteiger partial charge in [-0.2, -0.15) is 0 Å². The van der Waals surface area contributed by atoms with Crippen molar-refractivity contribution >= 4 is 11.1 Å². The molecule has 0 unspecified atom stereocenters. The molecule has 0 amide bonds. The van der Waals surface area contributed by atoms with Gasteiger partial charge in [-0.1, -0.05) is 0 Å². The van der Waals surface area contributed by atoms with E-state index in [-0.39, 0.29) is 11.1 Å². The molecule has 0 spiro atoms. The Kier molecular flexibility index (Phi) is 1.69. The van der Waals surface area contributed by atoms with Crippen LogP contribution in [-0.4, -0.2) is 28.9 Å². The zero-order valence-electron chi connectivity index (χ0n) is 6.88. The van der Waals surface area contributed by atoms with Crippen molar-refractivity contribution in [2.45, 2.75) is 37.8 Å². The van der Waals surface area contributed by atoms with Crippen LogP contribution >= 0.6 is 11.1 Å². The number of fused-ring (bicyclic) bond motifs is 2. The molecule has 1 nitrogen and oxygen atoms in total. The molecule has 2 fully saturated rings. The van der Waals surface area contributed by atoms with Crippen molar-refractivity contribution < 1.29 is 0 Å². The van der Waals surface area contributed by atoms with Gasteiger partial charge in [0.2, 0.25) is 0 Å². The monoisotopic (exact) mass is 159 g/mol. The molecule has 2 aliphatic rings. The topological polar surface area (TPSA) is 3.24 Å². The lowest BCUT2D eigenvalue weighted by Crippen LogP contribution is -2.23. The predicted molar refractivity (Wildman–Crippen MR) is 48.7 cm³/mol. The molecule has 2 saturated heterocycles. The standard InChI is InChI=1S/C8H17NS/c1-10(2)9-7-3-4-8(9)6-5-7/h7-8,10H,3-6H2,1-2H3. The van der Waals surface area contributed by atoms with Crippen molar-refractivity contribution in [2.24, 2.45) is 0 Å². The van der Waals surface area contributed by atoms with E-state index >= 15 is 0 Å². The highest BCUT2D eigenvalue weighted by molar-refractivity contribution is 8.13. The third-order valence-corrected chi connectivity index (χ3v) is 4.45. The highest BCUT2D eigenvalue weighted by Crippen LogP contribution is 2.45. The summed E-state index contributed by atoms with van der Waals surface area (Å²) in [4.78, 5) is 0. The molecular weight excluding hydrogens is 142 g/mol. The molecule has 10 heavy (non-hydrogen) atoms. The van der Waals surface area contributed by atoms with Crippen LogP contribution in [0.5, 0.6) is 0 Å². The first-order chi connectivity index (χ1) is 4.79. The summed E-state index contributed by atoms with van der Waals surface area (Å²) in [7, 11) is 0. The maximum Gasteiger partial charge on any atom is 0.0189 e. The zero-order valence-corrected chi connectivity index (χ0v) is 7.77. The number of hydrogen-bond donors (Lipinski definition) is 1. The Labute approximate surface area is 66.3 Å². The summed E-state index contributed by atoms with van der Waals surface area (Å²) in [5.74, 6) is 0. The van der Waals surface area contributed by atoms with E-state index in [4.69, 9.17) is 0 Å². The second-order valence-electron chi connectivity index (χ2n) is 3.69. The molecule has 0 N–H and O–H groups in total. The number of hydrogen-bond acceptors (Lipinski definition) is 1. The van der Waals surface area contributed by atoms with Crippen molar-refractivity contribution in [3.63, 3.8) is 0 Å². The van der Waals surface area contributed by atoms with E-state index in [0.29, 0.717) is 0 Å². The number of thiol groups is 1.